The Hall–Kier alpha value is -4.04. The summed E-state index contributed by atoms with van der Waals surface area (Å²) in [6.45, 7) is 0. The van der Waals surface area contributed by atoms with Gasteiger partial charge in [0.2, 0.25) is 36.2 Å². The van der Waals surface area contributed by atoms with Crippen LogP contribution in [0.5, 0.6) is 0 Å². The molecule has 0 bridgehead atoms. The van der Waals surface area contributed by atoms with E-state index in [9.17, 15) is 0 Å². The molecule has 2 heteroatoms. The summed E-state index contributed by atoms with van der Waals surface area (Å²) in [6, 6.07) is 38.2. The molecule has 0 aliphatic rings. The van der Waals surface area contributed by atoms with E-state index in [1.54, 1.807) is 0 Å². The summed E-state index contributed by atoms with van der Waals surface area (Å²) < 4.78 is 4.29. The van der Waals surface area contributed by atoms with E-state index in [1.165, 1.54) is 22.3 Å². The molecule has 4 aromatic carbocycles. The minimum absolute atomic E-state index is 1.14. The number of hydrogen-bond donors (Lipinski definition) is 0. The fraction of sp³-hybridized carbons (Fsp3) is 0. The number of benzene rings is 4. The smallest absolute Gasteiger partial charge is 0.156 e. The first-order valence-corrected chi connectivity index (χ1v) is 10.1. The van der Waals surface area contributed by atoms with E-state index in [2.05, 4.69) is 131 Å². The largest absolute Gasteiger partial charge is 0.239 e. The Labute approximate surface area is 177 Å². The van der Waals surface area contributed by atoms with Crippen molar-refractivity contribution in [1.29, 1.82) is 0 Å². The molecule has 0 spiro atoms. The highest BCUT2D eigenvalue weighted by atomic mass is 15.0. The van der Waals surface area contributed by atoms with Gasteiger partial charge in [0.15, 0.2) is 0 Å². The zero-order valence-electron chi connectivity index (χ0n) is 16.6. The fourth-order valence-electron chi connectivity index (χ4n) is 3.68. The molecule has 0 aliphatic carbocycles. The lowest BCUT2D eigenvalue weighted by Crippen LogP contribution is -2.38. The van der Waals surface area contributed by atoms with E-state index >= 15 is 0 Å². The molecule has 30 heavy (non-hydrogen) atoms. The highest BCUT2D eigenvalue weighted by Gasteiger charge is 2.13. The molecule has 0 aliphatic heterocycles. The van der Waals surface area contributed by atoms with Gasteiger partial charge >= 0.3 is 0 Å². The van der Waals surface area contributed by atoms with Crippen LogP contribution in [0.15, 0.2) is 134 Å². The summed E-state index contributed by atoms with van der Waals surface area (Å²) in [7, 11) is 0. The van der Waals surface area contributed by atoms with E-state index in [4.69, 9.17) is 0 Å². The first kappa shape index (κ1) is 18.0. The Morgan fingerprint density at radius 3 is 1.10 bits per heavy atom. The quantitative estimate of drug-likeness (QED) is 0.357. The minimum atomic E-state index is 1.14. The van der Waals surface area contributed by atoms with Crippen molar-refractivity contribution in [1.82, 2.24) is 0 Å². The first-order chi connectivity index (χ1) is 14.9. The van der Waals surface area contributed by atoms with E-state index in [0.29, 0.717) is 0 Å². The van der Waals surface area contributed by atoms with Crippen LogP contribution in [0.3, 0.4) is 0 Å². The summed E-state index contributed by atoms with van der Waals surface area (Å²) in [5, 5.41) is 0. The minimum Gasteiger partial charge on any atom is -0.156 e. The van der Waals surface area contributed by atoms with Gasteiger partial charge in [-0.15, -0.1) is 0 Å². The molecule has 0 saturated heterocycles. The standard InChI is InChI=1S/C28H22N2/c1-3-9-23(10-4-1)25-13-7-15-27(21-25)29-17-19-30(20-18-29)28-16-8-14-26(22-28)24-11-5-2-6-12-24/h1-22H/q+2. The van der Waals surface area contributed by atoms with Gasteiger partial charge in [-0.3, -0.25) is 0 Å². The van der Waals surface area contributed by atoms with Gasteiger partial charge in [0.05, 0.1) is 0 Å². The van der Waals surface area contributed by atoms with E-state index in [0.717, 1.165) is 11.4 Å². The molecule has 0 amide bonds. The summed E-state index contributed by atoms with van der Waals surface area (Å²) in [5.74, 6) is 0. The van der Waals surface area contributed by atoms with Crippen LogP contribution in [0.25, 0.3) is 33.6 Å². The molecule has 142 valence electrons. The molecule has 0 atom stereocenters. The normalized spacial score (nSPS) is 10.7. The molecule has 0 unspecified atom stereocenters. The van der Waals surface area contributed by atoms with Crippen LogP contribution in [0, 0.1) is 0 Å². The maximum absolute atomic E-state index is 2.22. The van der Waals surface area contributed by atoms with Gasteiger partial charge < -0.3 is 0 Å². The molecular formula is C28H22N2+2. The average Bonchev–Trinajstić information content (AvgIpc) is 2.85. The second-order valence-corrected chi connectivity index (χ2v) is 7.24. The Morgan fingerprint density at radius 2 is 0.700 bits per heavy atom. The summed E-state index contributed by atoms with van der Waals surface area (Å²) >= 11 is 0. The van der Waals surface area contributed by atoms with Crippen molar-refractivity contribution < 1.29 is 9.13 Å². The van der Waals surface area contributed by atoms with Gasteiger partial charge in [0, 0.05) is 24.3 Å². The van der Waals surface area contributed by atoms with Crippen molar-refractivity contribution in [3.05, 3.63) is 134 Å². The maximum atomic E-state index is 2.22. The van der Waals surface area contributed by atoms with E-state index < -0.39 is 0 Å². The fourth-order valence-corrected chi connectivity index (χ4v) is 3.68. The molecule has 0 fully saturated rings. The third-order valence-corrected chi connectivity index (χ3v) is 5.28. The van der Waals surface area contributed by atoms with Crippen LogP contribution in [0.4, 0.5) is 0 Å². The topological polar surface area (TPSA) is 7.76 Å². The summed E-state index contributed by atoms with van der Waals surface area (Å²) in [4.78, 5) is 0. The highest BCUT2D eigenvalue weighted by molar-refractivity contribution is 5.65. The molecule has 5 rings (SSSR count). The lowest BCUT2D eigenvalue weighted by atomic mass is 10.1. The van der Waals surface area contributed by atoms with Crippen LogP contribution >= 0.6 is 0 Å². The van der Waals surface area contributed by atoms with Gasteiger partial charge in [0.1, 0.15) is 0 Å². The van der Waals surface area contributed by atoms with Gasteiger partial charge in [-0.2, -0.15) is 9.13 Å². The monoisotopic (exact) mass is 386 g/mol. The molecule has 0 N–H and O–H groups in total. The van der Waals surface area contributed by atoms with Gasteiger partial charge in [0.25, 0.3) is 0 Å². The Kier molecular flexibility index (Phi) is 4.89. The lowest BCUT2D eigenvalue weighted by molar-refractivity contribution is -0.655. The molecule has 1 aromatic heterocycles. The van der Waals surface area contributed by atoms with Crippen LogP contribution in [-0.2, 0) is 0 Å². The highest BCUT2D eigenvalue weighted by Crippen LogP contribution is 2.21. The van der Waals surface area contributed by atoms with Crippen LogP contribution in [-0.4, -0.2) is 0 Å². The van der Waals surface area contributed by atoms with Gasteiger partial charge in [-0.25, -0.2) is 0 Å². The molecule has 5 aromatic rings. The van der Waals surface area contributed by atoms with Crippen molar-refractivity contribution in [3.63, 3.8) is 0 Å². The third kappa shape index (κ3) is 3.76. The van der Waals surface area contributed by atoms with Gasteiger partial charge in [-0.1, -0.05) is 84.9 Å². The number of aromatic nitrogens is 2. The van der Waals surface area contributed by atoms with Crippen molar-refractivity contribution >= 4 is 0 Å². The predicted octanol–water partition coefficient (Wildman–Crippen LogP) is 5.57. The van der Waals surface area contributed by atoms with Crippen LogP contribution in [0.1, 0.15) is 0 Å². The first-order valence-electron chi connectivity index (χ1n) is 10.1. The SMILES string of the molecule is c1ccc(-c2cccc(-[n+]3cc[n+](-c4cccc(-c5ccccc5)c4)cc3)c2)cc1. The average molecular weight is 386 g/mol. The zero-order valence-corrected chi connectivity index (χ0v) is 16.6. The van der Waals surface area contributed by atoms with Crippen molar-refractivity contribution in [2.24, 2.45) is 0 Å². The lowest BCUT2D eigenvalue weighted by Gasteiger charge is -2.03. The van der Waals surface area contributed by atoms with Crippen molar-refractivity contribution in [2.45, 2.75) is 0 Å². The number of rotatable bonds is 4. The third-order valence-electron chi connectivity index (χ3n) is 5.28. The summed E-state index contributed by atoms with van der Waals surface area (Å²) in [5.41, 5.74) is 7.16. The predicted molar refractivity (Wildman–Crippen MR) is 120 cm³/mol. The molecule has 0 radical (unpaired) electrons. The summed E-state index contributed by atoms with van der Waals surface area (Å²) in [6.07, 6.45) is 8.39. The zero-order chi connectivity index (χ0) is 20.2. The van der Waals surface area contributed by atoms with E-state index in [-0.39, 0.29) is 0 Å². The Balaban J connectivity index is 1.44. The Morgan fingerprint density at radius 1 is 0.333 bits per heavy atom. The van der Waals surface area contributed by atoms with Crippen molar-refractivity contribution in [2.75, 3.05) is 0 Å². The number of nitrogens with zero attached hydrogens (tertiary/aromatic N) is 2. The van der Waals surface area contributed by atoms with Gasteiger partial charge in [-0.05, 0) is 22.3 Å². The van der Waals surface area contributed by atoms with Crippen LogP contribution in [0.2, 0.25) is 0 Å². The van der Waals surface area contributed by atoms with E-state index in [1.807, 2.05) is 12.1 Å². The van der Waals surface area contributed by atoms with Crippen molar-refractivity contribution in [3.8, 4) is 33.6 Å². The van der Waals surface area contributed by atoms with Crippen LogP contribution < -0.4 is 9.13 Å². The molecule has 0 saturated carbocycles. The molecular weight excluding hydrogens is 364 g/mol. The maximum Gasteiger partial charge on any atom is 0.239 e. The number of hydrogen-bond acceptors (Lipinski definition) is 0. The molecule has 1 heterocycles. The Bertz CT molecular complexity index is 1160. The second-order valence-electron chi connectivity index (χ2n) is 7.24. The second kappa shape index (κ2) is 8.14. The molecule has 2 nitrogen and oxygen atoms in total.